The Labute approximate surface area is 103 Å². The van der Waals surface area contributed by atoms with Crippen LogP contribution in [-0.4, -0.2) is 48.3 Å². The number of hydrogen-bond acceptors (Lipinski definition) is 3. The van der Waals surface area contributed by atoms with Crippen molar-refractivity contribution < 1.29 is 31.5 Å². The summed E-state index contributed by atoms with van der Waals surface area (Å²) in [5.41, 5.74) is 0. The van der Waals surface area contributed by atoms with Crippen LogP contribution in [0.1, 0.15) is 19.8 Å². The third-order valence-corrected chi connectivity index (χ3v) is 4.87. The van der Waals surface area contributed by atoms with Crippen LogP contribution in [0, 0.1) is 5.92 Å². The van der Waals surface area contributed by atoms with Gasteiger partial charge in [-0.15, -0.1) is 0 Å². The number of rotatable bonds is 3. The summed E-state index contributed by atoms with van der Waals surface area (Å²) in [6.07, 6.45) is -4.30. The van der Waals surface area contributed by atoms with Crippen LogP contribution in [0.5, 0.6) is 0 Å². The molecular formula is C9H14F3NO4S. The second-order valence-corrected chi connectivity index (χ2v) is 6.23. The zero-order valence-electron chi connectivity index (χ0n) is 9.64. The van der Waals surface area contributed by atoms with E-state index < -0.39 is 39.9 Å². The molecule has 1 aliphatic heterocycles. The van der Waals surface area contributed by atoms with Crippen molar-refractivity contribution >= 4 is 16.0 Å². The molecule has 1 N–H and O–H groups in total. The van der Waals surface area contributed by atoms with Crippen LogP contribution in [0.4, 0.5) is 13.2 Å². The van der Waals surface area contributed by atoms with Crippen molar-refractivity contribution in [3.63, 3.8) is 0 Å². The average Bonchev–Trinajstić information content (AvgIpc) is 2.13. The third kappa shape index (κ3) is 3.58. The van der Waals surface area contributed by atoms with Gasteiger partial charge in [0, 0.05) is 12.6 Å². The smallest absolute Gasteiger partial charge is 0.404 e. The molecule has 1 saturated heterocycles. The second-order valence-electron chi connectivity index (χ2n) is 4.31. The second kappa shape index (κ2) is 5.04. The summed E-state index contributed by atoms with van der Waals surface area (Å²) in [6, 6.07) is -0.955. The molecule has 1 fully saturated rings. The van der Waals surface area contributed by atoms with Crippen molar-refractivity contribution in [2.75, 3.05) is 12.3 Å². The van der Waals surface area contributed by atoms with Crippen molar-refractivity contribution in [3.8, 4) is 0 Å². The van der Waals surface area contributed by atoms with Crippen molar-refractivity contribution in [2.45, 2.75) is 32.0 Å². The highest BCUT2D eigenvalue weighted by molar-refractivity contribution is 7.89. The van der Waals surface area contributed by atoms with E-state index in [0.717, 1.165) is 0 Å². The lowest BCUT2D eigenvalue weighted by Gasteiger charge is -2.36. The van der Waals surface area contributed by atoms with Gasteiger partial charge in [0.15, 0.2) is 5.75 Å². The van der Waals surface area contributed by atoms with E-state index in [0.29, 0.717) is 4.31 Å². The molecule has 106 valence electrons. The maximum absolute atomic E-state index is 12.2. The lowest BCUT2D eigenvalue weighted by atomic mass is 9.92. The number of sulfonamides is 1. The maximum atomic E-state index is 12.2. The standard InChI is InChI=1S/C9H14F3NO4S/c1-6-7(8(14)15)3-2-4-13(6)18(16,17)5-9(10,11)12/h6-7H,2-5H2,1H3,(H,14,15)/t6-,7-/m1/s1. The highest BCUT2D eigenvalue weighted by atomic mass is 32.2. The molecule has 5 nitrogen and oxygen atoms in total. The van der Waals surface area contributed by atoms with Gasteiger partial charge in [0.05, 0.1) is 5.92 Å². The van der Waals surface area contributed by atoms with Crippen LogP contribution < -0.4 is 0 Å². The molecule has 0 aromatic carbocycles. The lowest BCUT2D eigenvalue weighted by Crippen LogP contribution is -2.51. The highest BCUT2D eigenvalue weighted by Crippen LogP contribution is 2.29. The van der Waals surface area contributed by atoms with Crippen LogP contribution in [0.2, 0.25) is 0 Å². The van der Waals surface area contributed by atoms with E-state index in [-0.39, 0.29) is 19.4 Å². The number of nitrogens with zero attached hydrogens (tertiary/aromatic N) is 1. The molecule has 18 heavy (non-hydrogen) atoms. The maximum Gasteiger partial charge on any atom is 0.404 e. The predicted molar refractivity (Wildman–Crippen MR) is 56.4 cm³/mol. The number of halogens is 3. The van der Waals surface area contributed by atoms with Gasteiger partial charge >= 0.3 is 12.1 Å². The van der Waals surface area contributed by atoms with Gasteiger partial charge in [0.2, 0.25) is 10.0 Å². The van der Waals surface area contributed by atoms with Gasteiger partial charge in [0.25, 0.3) is 0 Å². The first-order valence-electron chi connectivity index (χ1n) is 5.33. The third-order valence-electron chi connectivity index (χ3n) is 2.95. The Morgan fingerprint density at radius 3 is 2.44 bits per heavy atom. The van der Waals surface area contributed by atoms with E-state index >= 15 is 0 Å². The zero-order valence-corrected chi connectivity index (χ0v) is 10.5. The number of aliphatic carboxylic acids is 1. The molecule has 9 heteroatoms. The Hall–Kier alpha value is -0.830. The summed E-state index contributed by atoms with van der Waals surface area (Å²) < 4.78 is 60.3. The molecule has 1 aliphatic rings. The first kappa shape index (κ1) is 15.2. The van der Waals surface area contributed by atoms with Gasteiger partial charge in [-0.2, -0.15) is 17.5 Å². The van der Waals surface area contributed by atoms with Crippen LogP contribution in [-0.2, 0) is 14.8 Å². The van der Waals surface area contributed by atoms with Gasteiger partial charge in [-0.3, -0.25) is 4.79 Å². The fraction of sp³-hybridized carbons (Fsp3) is 0.889. The topological polar surface area (TPSA) is 74.7 Å². The molecule has 0 radical (unpaired) electrons. The van der Waals surface area contributed by atoms with E-state index in [1.54, 1.807) is 0 Å². The van der Waals surface area contributed by atoms with Crippen LogP contribution in [0.3, 0.4) is 0 Å². The average molecular weight is 289 g/mol. The number of carboxylic acids is 1. The summed E-state index contributed by atoms with van der Waals surface area (Å²) >= 11 is 0. The molecule has 0 aromatic heterocycles. The number of hydrogen-bond donors (Lipinski definition) is 1. The fourth-order valence-electron chi connectivity index (χ4n) is 2.12. The fourth-order valence-corrected chi connectivity index (χ4v) is 3.76. The van der Waals surface area contributed by atoms with E-state index in [9.17, 15) is 26.4 Å². The molecule has 0 aromatic rings. The van der Waals surface area contributed by atoms with E-state index in [1.807, 2.05) is 0 Å². The Balaban J connectivity index is 2.91. The SMILES string of the molecule is C[C@@H]1[C@H](C(=O)O)CCCN1S(=O)(=O)CC(F)(F)F. The van der Waals surface area contributed by atoms with Crippen molar-refractivity contribution in [1.82, 2.24) is 4.31 Å². The first-order chi connectivity index (χ1) is 8.04. The van der Waals surface area contributed by atoms with Crippen LogP contribution in [0.15, 0.2) is 0 Å². The molecule has 0 saturated carbocycles. The molecule has 1 heterocycles. The summed E-state index contributed by atoms with van der Waals surface area (Å²) in [7, 11) is -4.51. The van der Waals surface area contributed by atoms with Gasteiger partial charge in [-0.05, 0) is 19.8 Å². The minimum absolute atomic E-state index is 0.0661. The monoisotopic (exact) mass is 289 g/mol. The summed E-state index contributed by atoms with van der Waals surface area (Å²) in [5.74, 6) is -4.09. The largest absolute Gasteiger partial charge is 0.481 e. The lowest BCUT2D eigenvalue weighted by molar-refractivity contribution is -0.144. The zero-order chi connectivity index (χ0) is 14.1. The van der Waals surface area contributed by atoms with Crippen molar-refractivity contribution in [2.24, 2.45) is 5.92 Å². The van der Waals surface area contributed by atoms with Crippen LogP contribution in [0.25, 0.3) is 0 Å². The summed E-state index contributed by atoms with van der Waals surface area (Å²) in [4.78, 5) is 10.9. The minimum Gasteiger partial charge on any atom is -0.481 e. The van der Waals surface area contributed by atoms with E-state index in [1.165, 1.54) is 6.92 Å². The first-order valence-corrected chi connectivity index (χ1v) is 6.94. The van der Waals surface area contributed by atoms with E-state index in [4.69, 9.17) is 5.11 Å². The number of carbonyl (C=O) groups is 1. The van der Waals surface area contributed by atoms with Crippen LogP contribution >= 0.6 is 0 Å². The number of piperidine rings is 1. The molecule has 0 amide bonds. The quantitative estimate of drug-likeness (QED) is 0.843. The Morgan fingerprint density at radius 1 is 1.44 bits per heavy atom. The molecule has 0 unspecified atom stereocenters. The molecule has 0 bridgehead atoms. The van der Waals surface area contributed by atoms with Crippen molar-refractivity contribution in [1.29, 1.82) is 0 Å². The molecule has 2 atom stereocenters. The molecule has 1 rings (SSSR count). The Kier molecular flexibility index (Phi) is 4.26. The molecular weight excluding hydrogens is 275 g/mol. The molecule has 0 spiro atoms. The Bertz CT molecular complexity index is 420. The van der Waals surface area contributed by atoms with Gasteiger partial charge in [0.1, 0.15) is 0 Å². The highest BCUT2D eigenvalue weighted by Gasteiger charge is 2.44. The summed E-state index contributed by atoms with van der Waals surface area (Å²) in [5, 5.41) is 8.88. The number of carboxylic acid groups (broad SMARTS) is 1. The van der Waals surface area contributed by atoms with Gasteiger partial charge in [-0.1, -0.05) is 0 Å². The van der Waals surface area contributed by atoms with Crippen molar-refractivity contribution in [3.05, 3.63) is 0 Å². The predicted octanol–water partition coefficient (Wildman–Crippen LogP) is 1.06. The van der Waals surface area contributed by atoms with E-state index in [2.05, 4.69) is 0 Å². The minimum atomic E-state index is -4.82. The molecule has 0 aliphatic carbocycles. The number of alkyl halides is 3. The normalized spacial score (nSPS) is 27.1. The summed E-state index contributed by atoms with van der Waals surface area (Å²) in [6.45, 7) is 1.26. The van der Waals surface area contributed by atoms with Gasteiger partial charge in [-0.25, -0.2) is 8.42 Å². The Morgan fingerprint density at radius 2 is 2.00 bits per heavy atom. The van der Waals surface area contributed by atoms with Gasteiger partial charge < -0.3 is 5.11 Å².